The summed E-state index contributed by atoms with van der Waals surface area (Å²) in [6.07, 6.45) is -8.82. The summed E-state index contributed by atoms with van der Waals surface area (Å²) in [4.78, 5) is 44.8. The molecule has 2 N–H and O–H groups in total. The minimum atomic E-state index is -4.41. The average molecular weight is 723 g/mol. The molecule has 0 aliphatic carbocycles. The lowest BCUT2D eigenvalue weighted by atomic mass is 10.1. The van der Waals surface area contributed by atoms with Crippen molar-refractivity contribution in [3.8, 4) is 0 Å². The Morgan fingerprint density at radius 2 is 0.981 bits per heavy atom. The number of fused-ring (bicyclic) bond motifs is 2. The predicted molar refractivity (Wildman–Crippen MR) is 177 cm³/mol. The van der Waals surface area contributed by atoms with E-state index in [2.05, 4.69) is 39.8 Å². The van der Waals surface area contributed by atoms with Crippen LogP contribution in [0, 0.1) is 27.0 Å². The van der Waals surface area contributed by atoms with Crippen molar-refractivity contribution in [2.75, 3.05) is 0 Å². The van der Waals surface area contributed by atoms with E-state index in [1.165, 1.54) is 33.6 Å². The van der Waals surface area contributed by atoms with Crippen LogP contribution in [-0.2, 0) is 25.4 Å². The molecular weight excluding hydrogens is 694 g/mol. The summed E-state index contributed by atoms with van der Waals surface area (Å²) in [7, 11) is 0. The topological polar surface area (TPSA) is 136 Å². The number of rotatable bonds is 6. The number of benzene rings is 2. The first kappa shape index (κ1) is 37.0. The molecule has 6 aromatic rings. The molecule has 2 aromatic carbocycles. The Morgan fingerprint density at radius 1 is 0.654 bits per heavy atom. The van der Waals surface area contributed by atoms with E-state index >= 15 is 0 Å². The largest absolute Gasteiger partial charge is 0.416 e. The van der Waals surface area contributed by atoms with Crippen molar-refractivity contribution in [3.05, 3.63) is 137 Å². The van der Waals surface area contributed by atoms with Gasteiger partial charge in [-0.15, -0.1) is 0 Å². The Bertz CT molecular complexity index is 2290. The van der Waals surface area contributed by atoms with Gasteiger partial charge in [-0.25, -0.2) is 32.5 Å². The van der Waals surface area contributed by atoms with Gasteiger partial charge >= 0.3 is 12.4 Å². The first-order chi connectivity index (χ1) is 24.4. The lowest BCUT2D eigenvalue weighted by molar-refractivity contribution is -0.138. The minimum Gasteiger partial charge on any atom is -0.310 e. The van der Waals surface area contributed by atoms with Gasteiger partial charge < -0.3 is 19.7 Å². The van der Waals surface area contributed by atoms with E-state index in [4.69, 9.17) is 13.1 Å². The van der Waals surface area contributed by atoms with Crippen molar-refractivity contribution in [2.24, 2.45) is 0 Å². The lowest BCUT2D eigenvalue weighted by Crippen LogP contribution is -2.13. The highest BCUT2D eigenvalue weighted by molar-refractivity contribution is 5.78. The van der Waals surface area contributed by atoms with Crippen LogP contribution in [0.1, 0.15) is 71.2 Å². The molecule has 0 bridgehead atoms. The molecule has 4 heterocycles. The average Bonchev–Trinajstić information content (AvgIpc) is 3.62. The fourth-order valence-corrected chi connectivity index (χ4v) is 5.54. The Morgan fingerprint density at radius 3 is 1.27 bits per heavy atom. The number of hydrogen-bond donors (Lipinski definition) is 2. The quantitative estimate of drug-likeness (QED) is 0.141. The zero-order chi connectivity index (χ0) is 38.1. The van der Waals surface area contributed by atoms with E-state index in [1.54, 1.807) is 27.7 Å². The number of alkyl halides is 6. The third kappa shape index (κ3) is 7.41. The fourth-order valence-electron chi connectivity index (χ4n) is 5.54. The summed E-state index contributed by atoms with van der Waals surface area (Å²) >= 11 is 0. The molecule has 52 heavy (non-hydrogen) atoms. The summed E-state index contributed by atoms with van der Waals surface area (Å²) in [6, 6.07) is 8.56. The maximum atomic E-state index is 12.7. The number of halogens is 6. The Hall–Kier alpha value is -6.30. The highest BCUT2D eigenvalue weighted by atomic mass is 19.4. The summed E-state index contributed by atoms with van der Waals surface area (Å²) in [5, 5.41) is 9.11. The van der Waals surface area contributed by atoms with Gasteiger partial charge in [0.05, 0.1) is 23.2 Å². The molecule has 4 aromatic heterocycles. The van der Waals surface area contributed by atoms with Crippen molar-refractivity contribution in [1.29, 1.82) is 0 Å². The molecule has 0 saturated carbocycles. The molecule has 0 unspecified atom stereocenters. The maximum absolute atomic E-state index is 12.7. The van der Waals surface area contributed by atoms with Gasteiger partial charge in [0.1, 0.15) is 22.4 Å². The monoisotopic (exact) mass is 722 g/mol. The van der Waals surface area contributed by atoms with E-state index in [-0.39, 0.29) is 23.9 Å². The van der Waals surface area contributed by atoms with Crippen LogP contribution in [0.4, 0.5) is 26.3 Å². The minimum absolute atomic E-state index is 0.0863. The first-order valence-electron chi connectivity index (χ1n) is 15.4. The van der Waals surface area contributed by atoms with E-state index in [0.717, 1.165) is 24.3 Å². The van der Waals surface area contributed by atoms with Gasteiger partial charge in [0.2, 0.25) is 0 Å². The van der Waals surface area contributed by atoms with Crippen molar-refractivity contribution in [2.45, 2.75) is 65.2 Å². The molecule has 0 amide bonds. The molecule has 0 aliphatic heterocycles. The van der Waals surface area contributed by atoms with Crippen LogP contribution in [0.3, 0.4) is 0 Å². The predicted octanol–water partition coefficient (Wildman–Crippen LogP) is 6.95. The molecule has 6 rings (SSSR count). The summed E-state index contributed by atoms with van der Waals surface area (Å²) in [5.74, 6) is 0.773. The summed E-state index contributed by atoms with van der Waals surface area (Å²) in [5.41, 5.74) is 0.0948. The van der Waals surface area contributed by atoms with Crippen LogP contribution in [0.5, 0.6) is 0 Å². The van der Waals surface area contributed by atoms with Crippen LogP contribution in [-0.4, -0.2) is 39.5 Å². The highest BCUT2D eigenvalue weighted by Gasteiger charge is 2.32. The molecule has 12 nitrogen and oxygen atoms in total. The van der Waals surface area contributed by atoms with Crippen LogP contribution < -0.4 is 11.1 Å². The van der Waals surface area contributed by atoms with Gasteiger partial charge in [-0.05, 0) is 63.1 Å². The van der Waals surface area contributed by atoms with Gasteiger partial charge in [-0.3, -0.25) is 9.59 Å². The van der Waals surface area contributed by atoms with Gasteiger partial charge in [-0.2, -0.15) is 36.5 Å². The van der Waals surface area contributed by atoms with Crippen LogP contribution in [0.25, 0.3) is 31.8 Å². The van der Waals surface area contributed by atoms with E-state index in [9.17, 15) is 35.9 Å². The van der Waals surface area contributed by atoms with Crippen LogP contribution >= 0.6 is 0 Å². The molecule has 18 heteroatoms. The number of aromatic nitrogens is 8. The van der Waals surface area contributed by atoms with Crippen LogP contribution in [0.2, 0.25) is 0 Å². The molecule has 0 aliphatic rings. The molecule has 0 saturated heterocycles. The standard InChI is InChI=1S/2C17H14F3N5O/c2*1-9(11-4-6-12(7-5-11)17(18,19)20)25-15-14(13(24-25)8-21-3)16(26)23-10(2)22-15/h2*4-7,9H,8H2,1-2H3,(H,22,23,26)/t2*9-/m11/s1. The lowest BCUT2D eigenvalue weighted by Gasteiger charge is -2.15. The van der Waals surface area contributed by atoms with Crippen molar-refractivity contribution < 1.29 is 26.3 Å². The van der Waals surface area contributed by atoms with Gasteiger partial charge in [0.25, 0.3) is 24.2 Å². The third-order valence-corrected chi connectivity index (χ3v) is 8.14. The number of H-pyrrole nitrogens is 2. The van der Waals surface area contributed by atoms with E-state index < -0.39 is 46.7 Å². The maximum Gasteiger partial charge on any atom is 0.416 e. The highest BCUT2D eigenvalue weighted by Crippen LogP contribution is 2.32. The van der Waals surface area contributed by atoms with Gasteiger partial charge in [0.15, 0.2) is 22.7 Å². The summed E-state index contributed by atoms with van der Waals surface area (Å²) < 4.78 is 79.4. The second-order valence-electron chi connectivity index (χ2n) is 11.7. The number of nitrogens with zero attached hydrogens (tertiary/aromatic N) is 8. The molecule has 0 spiro atoms. The van der Waals surface area contributed by atoms with Crippen molar-refractivity contribution in [1.82, 2.24) is 39.5 Å². The molecule has 268 valence electrons. The van der Waals surface area contributed by atoms with Crippen molar-refractivity contribution >= 4 is 22.1 Å². The summed E-state index contributed by atoms with van der Waals surface area (Å²) in [6.45, 7) is 20.6. The Balaban J connectivity index is 0.000000201. The zero-order valence-electron chi connectivity index (χ0n) is 27.8. The normalized spacial score (nSPS) is 12.9. The molecule has 0 fully saturated rings. The number of hydrogen-bond acceptors (Lipinski definition) is 6. The molecule has 2 atom stereocenters. The smallest absolute Gasteiger partial charge is 0.310 e. The third-order valence-electron chi connectivity index (χ3n) is 8.14. The number of nitrogens with one attached hydrogen (secondary N) is 2. The zero-order valence-corrected chi connectivity index (χ0v) is 27.8. The second-order valence-corrected chi connectivity index (χ2v) is 11.7. The Labute approximate surface area is 290 Å². The number of aryl methyl sites for hydroxylation is 2. The first-order valence-corrected chi connectivity index (χ1v) is 15.4. The van der Waals surface area contributed by atoms with Crippen molar-refractivity contribution in [3.63, 3.8) is 0 Å². The molecular formula is C34H28F6N10O2. The number of aromatic amines is 2. The van der Waals surface area contributed by atoms with Gasteiger partial charge in [-0.1, -0.05) is 24.3 Å². The second kappa shape index (κ2) is 14.1. The Kier molecular flexibility index (Phi) is 10.1. The fraction of sp³-hybridized carbons (Fsp3) is 0.294. The SMILES string of the molecule is [C-]#[N+]Cc1nn([C@H](C)c2ccc(C(F)(F)F)cc2)c2nc(C)[nH]c(=O)c12.[C-]#[N+]Cc1nn([C@H](C)c2ccc(C(F)(F)F)cc2)c2nc(C)[nH]c(=O)c12. The molecule has 0 radical (unpaired) electrons. The van der Waals surface area contributed by atoms with E-state index in [0.29, 0.717) is 45.5 Å². The van der Waals surface area contributed by atoms with Crippen LogP contribution in [0.15, 0.2) is 58.1 Å². The van der Waals surface area contributed by atoms with E-state index in [1.807, 2.05) is 0 Å². The van der Waals surface area contributed by atoms with Gasteiger partial charge in [0, 0.05) is 0 Å².